The molecule has 0 saturated carbocycles. The maximum atomic E-state index is 10.4. The monoisotopic (exact) mass is 193 g/mol. The molecule has 0 heterocycles. The number of thioether (sulfide) groups is 1. The maximum Gasteiger partial charge on any atom is 0.323 e. The third kappa shape index (κ3) is 5.40. The van der Waals surface area contributed by atoms with Crippen molar-refractivity contribution in [2.24, 2.45) is 0 Å². The zero-order valence-corrected chi connectivity index (χ0v) is 7.93. The van der Waals surface area contributed by atoms with Crippen molar-refractivity contribution in [2.45, 2.75) is 25.3 Å². The van der Waals surface area contributed by atoms with E-state index in [9.17, 15) is 4.79 Å². The van der Waals surface area contributed by atoms with E-state index in [0.29, 0.717) is 6.42 Å². The minimum absolute atomic E-state index is 0.479. The van der Waals surface area contributed by atoms with E-state index in [4.69, 9.17) is 10.3 Å². The van der Waals surface area contributed by atoms with E-state index < -0.39 is 12.0 Å². The van der Waals surface area contributed by atoms with Crippen molar-refractivity contribution in [3.63, 3.8) is 0 Å². The molecule has 5 heteroatoms. The van der Waals surface area contributed by atoms with E-state index >= 15 is 0 Å². The SMILES string of the molecule is CSCCCC[C@H](NO)C(=O)O. The molecule has 0 unspecified atom stereocenters. The highest BCUT2D eigenvalue weighted by molar-refractivity contribution is 7.98. The Morgan fingerprint density at radius 1 is 1.58 bits per heavy atom. The van der Waals surface area contributed by atoms with Crippen LogP contribution >= 0.6 is 11.8 Å². The molecule has 1 atom stereocenters. The number of carboxylic acids is 1. The Kier molecular flexibility index (Phi) is 7.23. The minimum Gasteiger partial charge on any atom is -0.480 e. The summed E-state index contributed by atoms with van der Waals surface area (Å²) in [4.78, 5) is 10.4. The van der Waals surface area contributed by atoms with Gasteiger partial charge in [0.05, 0.1) is 0 Å². The second-order valence-electron chi connectivity index (χ2n) is 2.51. The fraction of sp³-hybridized carbons (Fsp3) is 0.857. The first-order valence-corrected chi connectivity index (χ1v) is 5.23. The average molecular weight is 193 g/mol. The Balaban J connectivity index is 3.38. The van der Waals surface area contributed by atoms with Crippen LogP contribution in [-0.2, 0) is 4.79 Å². The summed E-state index contributed by atoms with van der Waals surface area (Å²) in [6.45, 7) is 0. The lowest BCUT2D eigenvalue weighted by Gasteiger charge is -2.08. The molecule has 12 heavy (non-hydrogen) atoms. The van der Waals surface area contributed by atoms with Crippen LogP contribution in [-0.4, -0.2) is 34.3 Å². The molecular weight excluding hydrogens is 178 g/mol. The second-order valence-corrected chi connectivity index (χ2v) is 3.49. The van der Waals surface area contributed by atoms with Gasteiger partial charge in [-0.15, -0.1) is 0 Å². The molecule has 0 saturated heterocycles. The Morgan fingerprint density at radius 3 is 2.67 bits per heavy atom. The van der Waals surface area contributed by atoms with Gasteiger partial charge < -0.3 is 10.3 Å². The standard InChI is InChI=1S/C7H15NO3S/c1-12-5-3-2-4-6(8-11)7(9)10/h6,8,11H,2-5H2,1H3,(H,9,10)/t6-/m0/s1. The first kappa shape index (κ1) is 11.7. The van der Waals surface area contributed by atoms with Crippen LogP contribution in [0.5, 0.6) is 0 Å². The van der Waals surface area contributed by atoms with Crippen LogP contribution in [0.2, 0.25) is 0 Å². The van der Waals surface area contributed by atoms with E-state index in [1.165, 1.54) is 0 Å². The minimum atomic E-state index is -0.998. The van der Waals surface area contributed by atoms with Crippen LogP contribution in [0.3, 0.4) is 0 Å². The molecule has 4 nitrogen and oxygen atoms in total. The van der Waals surface area contributed by atoms with Crippen molar-refractivity contribution in [1.29, 1.82) is 0 Å². The lowest BCUT2D eigenvalue weighted by Crippen LogP contribution is -2.34. The van der Waals surface area contributed by atoms with Gasteiger partial charge in [-0.25, -0.2) is 0 Å². The summed E-state index contributed by atoms with van der Waals surface area (Å²) in [5.41, 5.74) is 1.77. The number of hydrogen-bond acceptors (Lipinski definition) is 4. The molecule has 0 amide bonds. The molecule has 0 radical (unpaired) electrons. The van der Waals surface area contributed by atoms with Crippen LogP contribution in [0.15, 0.2) is 0 Å². The van der Waals surface area contributed by atoms with Gasteiger partial charge in [0.25, 0.3) is 0 Å². The van der Waals surface area contributed by atoms with Crippen molar-refractivity contribution in [2.75, 3.05) is 12.0 Å². The van der Waals surface area contributed by atoms with Crippen molar-refractivity contribution >= 4 is 17.7 Å². The second kappa shape index (κ2) is 7.39. The van der Waals surface area contributed by atoms with Gasteiger partial charge in [0, 0.05) is 0 Å². The first-order chi connectivity index (χ1) is 5.72. The molecule has 3 N–H and O–H groups in total. The van der Waals surface area contributed by atoms with Crippen LogP contribution in [0.1, 0.15) is 19.3 Å². The maximum absolute atomic E-state index is 10.4. The zero-order valence-electron chi connectivity index (χ0n) is 7.12. The molecule has 0 aliphatic heterocycles. The fourth-order valence-electron chi connectivity index (χ4n) is 0.838. The predicted octanol–water partition coefficient (Wildman–Crippen LogP) is 0.952. The summed E-state index contributed by atoms with van der Waals surface area (Å²) in [7, 11) is 0. The number of aliphatic carboxylic acids is 1. The van der Waals surface area contributed by atoms with E-state index in [1.807, 2.05) is 6.26 Å². The summed E-state index contributed by atoms with van der Waals surface area (Å²) >= 11 is 1.74. The van der Waals surface area contributed by atoms with Gasteiger partial charge in [0.1, 0.15) is 6.04 Å². The quantitative estimate of drug-likeness (QED) is 0.415. The Morgan fingerprint density at radius 2 is 2.25 bits per heavy atom. The lowest BCUT2D eigenvalue weighted by atomic mass is 10.1. The Labute approximate surface area is 76.3 Å². The number of rotatable bonds is 7. The molecule has 0 bridgehead atoms. The van der Waals surface area contributed by atoms with Gasteiger partial charge in [-0.2, -0.15) is 17.2 Å². The lowest BCUT2D eigenvalue weighted by molar-refractivity contribution is -0.142. The molecule has 0 rings (SSSR count). The third-order valence-corrected chi connectivity index (χ3v) is 2.24. The molecule has 0 aromatic carbocycles. The van der Waals surface area contributed by atoms with Gasteiger partial charge in [0.2, 0.25) is 0 Å². The number of carbonyl (C=O) groups is 1. The smallest absolute Gasteiger partial charge is 0.323 e. The average Bonchev–Trinajstić information content (AvgIpc) is 2.04. The molecule has 0 aromatic heterocycles. The number of hydroxylamine groups is 1. The van der Waals surface area contributed by atoms with E-state index in [0.717, 1.165) is 18.6 Å². The van der Waals surface area contributed by atoms with Crippen LogP contribution in [0.25, 0.3) is 0 Å². The van der Waals surface area contributed by atoms with Gasteiger partial charge in [-0.3, -0.25) is 4.79 Å². The van der Waals surface area contributed by atoms with Gasteiger partial charge >= 0.3 is 5.97 Å². The van der Waals surface area contributed by atoms with Crippen molar-refractivity contribution in [3.05, 3.63) is 0 Å². The van der Waals surface area contributed by atoms with Crippen LogP contribution in [0, 0.1) is 0 Å². The molecule has 0 spiro atoms. The molecule has 72 valence electrons. The molecule has 0 aliphatic carbocycles. The van der Waals surface area contributed by atoms with Gasteiger partial charge in [0.15, 0.2) is 0 Å². The zero-order chi connectivity index (χ0) is 9.40. The van der Waals surface area contributed by atoms with E-state index in [1.54, 1.807) is 17.2 Å². The number of hydrogen-bond donors (Lipinski definition) is 3. The van der Waals surface area contributed by atoms with Gasteiger partial charge in [-0.1, -0.05) is 6.42 Å². The number of carboxylic acid groups (broad SMARTS) is 1. The summed E-state index contributed by atoms with van der Waals surface area (Å²) < 4.78 is 0. The topological polar surface area (TPSA) is 69.6 Å². The molecule has 0 fully saturated rings. The summed E-state index contributed by atoms with van der Waals surface area (Å²) in [5.74, 6) is 0.0410. The normalized spacial score (nSPS) is 12.8. The summed E-state index contributed by atoms with van der Waals surface area (Å²) in [5, 5.41) is 16.9. The van der Waals surface area contributed by atoms with Crippen LogP contribution in [0.4, 0.5) is 0 Å². The third-order valence-electron chi connectivity index (χ3n) is 1.55. The summed E-state index contributed by atoms with van der Waals surface area (Å²) in [6.07, 6.45) is 4.31. The highest BCUT2D eigenvalue weighted by Crippen LogP contribution is 2.04. The van der Waals surface area contributed by atoms with Crippen molar-refractivity contribution in [1.82, 2.24) is 5.48 Å². The molecule has 0 aromatic rings. The predicted molar refractivity (Wildman–Crippen MR) is 48.6 cm³/mol. The largest absolute Gasteiger partial charge is 0.480 e. The van der Waals surface area contributed by atoms with E-state index in [2.05, 4.69) is 0 Å². The molecular formula is C7H15NO3S. The van der Waals surface area contributed by atoms with Crippen molar-refractivity contribution < 1.29 is 15.1 Å². The fourth-order valence-corrected chi connectivity index (χ4v) is 1.33. The number of unbranched alkanes of at least 4 members (excludes halogenated alkanes) is 1. The highest BCUT2D eigenvalue weighted by Gasteiger charge is 2.14. The summed E-state index contributed by atoms with van der Waals surface area (Å²) in [6, 6.07) is -0.813. The molecule has 0 aliphatic rings. The van der Waals surface area contributed by atoms with E-state index in [-0.39, 0.29) is 0 Å². The van der Waals surface area contributed by atoms with Gasteiger partial charge in [-0.05, 0) is 24.9 Å². The van der Waals surface area contributed by atoms with Crippen LogP contribution < -0.4 is 5.48 Å². The number of nitrogens with one attached hydrogen (secondary N) is 1. The highest BCUT2D eigenvalue weighted by atomic mass is 32.2. The Hall–Kier alpha value is -0.260. The first-order valence-electron chi connectivity index (χ1n) is 3.83. The van der Waals surface area contributed by atoms with Crippen molar-refractivity contribution in [3.8, 4) is 0 Å². The Bertz CT molecular complexity index is 132.